The first-order chi connectivity index (χ1) is 8.30. The van der Waals surface area contributed by atoms with Crippen LogP contribution in [0.2, 0.25) is 0 Å². The quantitative estimate of drug-likeness (QED) is 0.745. The molecule has 0 aliphatic heterocycles. The van der Waals surface area contributed by atoms with Crippen LogP contribution in [0.1, 0.15) is 33.1 Å². The van der Waals surface area contributed by atoms with E-state index in [1.165, 1.54) is 4.31 Å². The minimum Gasteiger partial charge on any atom is -0.481 e. The van der Waals surface area contributed by atoms with Crippen molar-refractivity contribution in [2.45, 2.75) is 38.4 Å². The summed E-state index contributed by atoms with van der Waals surface area (Å²) in [6.45, 7) is 7.85. The minimum atomic E-state index is -3.55. The van der Waals surface area contributed by atoms with Crippen LogP contribution in [-0.2, 0) is 14.8 Å². The Hall–Kier alpha value is -0.880. The summed E-state index contributed by atoms with van der Waals surface area (Å²) in [6, 6.07) is 0. The van der Waals surface area contributed by atoms with Crippen LogP contribution in [-0.4, -0.2) is 42.1 Å². The molecule has 1 aliphatic rings. The number of sulfonamides is 1. The fourth-order valence-electron chi connectivity index (χ4n) is 2.44. The van der Waals surface area contributed by atoms with Crippen molar-refractivity contribution < 1.29 is 18.3 Å². The standard InChI is InChI=1S/C12H21NO4S/c1-4-13(8-9(2)3)18(16,17)11-7-5-6-10(11)12(14)15/h10-11H,2,4-8H2,1,3H3,(H,14,15). The fraction of sp³-hybridized carbons (Fsp3) is 0.750. The van der Waals surface area contributed by atoms with E-state index in [1.54, 1.807) is 13.8 Å². The van der Waals surface area contributed by atoms with E-state index in [-0.39, 0.29) is 6.54 Å². The Bertz CT molecular complexity index is 429. The van der Waals surface area contributed by atoms with Gasteiger partial charge in [-0.15, -0.1) is 0 Å². The molecule has 0 aromatic rings. The smallest absolute Gasteiger partial charge is 0.307 e. The Morgan fingerprint density at radius 1 is 1.44 bits per heavy atom. The van der Waals surface area contributed by atoms with Crippen LogP contribution in [0, 0.1) is 5.92 Å². The van der Waals surface area contributed by atoms with Gasteiger partial charge in [0, 0.05) is 13.1 Å². The van der Waals surface area contributed by atoms with Crippen molar-refractivity contribution in [3.63, 3.8) is 0 Å². The molecule has 1 saturated carbocycles. The largest absolute Gasteiger partial charge is 0.481 e. The molecule has 0 spiro atoms. The van der Waals surface area contributed by atoms with Crippen molar-refractivity contribution in [3.05, 3.63) is 12.2 Å². The van der Waals surface area contributed by atoms with Gasteiger partial charge in [-0.05, 0) is 19.8 Å². The molecule has 0 radical (unpaired) electrons. The van der Waals surface area contributed by atoms with Crippen LogP contribution in [0.25, 0.3) is 0 Å². The molecule has 0 aromatic carbocycles. The zero-order valence-corrected chi connectivity index (χ0v) is 11.7. The summed E-state index contributed by atoms with van der Waals surface area (Å²) in [5, 5.41) is 8.30. The molecule has 0 saturated heterocycles. The summed E-state index contributed by atoms with van der Waals surface area (Å²) in [4.78, 5) is 11.1. The molecule has 18 heavy (non-hydrogen) atoms. The van der Waals surface area contributed by atoms with Gasteiger partial charge in [0.2, 0.25) is 10.0 Å². The highest BCUT2D eigenvalue weighted by Gasteiger charge is 2.43. The minimum absolute atomic E-state index is 0.266. The van der Waals surface area contributed by atoms with Crippen molar-refractivity contribution in [2.24, 2.45) is 5.92 Å². The van der Waals surface area contributed by atoms with Crippen LogP contribution in [0.3, 0.4) is 0 Å². The second kappa shape index (κ2) is 5.84. The third-order valence-corrected chi connectivity index (χ3v) is 5.75. The predicted octanol–water partition coefficient (Wildman–Crippen LogP) is 1.47. The lowest BCUT2D eigenvalue weighted by molar-refractivity contribution is -0.141. The van der Waals surface area contributed by atoms with Gasteiger partial charge in [0.1, 0.15) is 0 Å². The number of hydrogen-bond donors (Lipinski definition) is 1. The molecule has 5 nitrogen and oxygen atoms in total. The molecule has 6 heteroatoms. The summed E-state index contributed by atoms with van der Waals surface area (Å²) in [5.74, 6) is -1.78. The van der Waals surface area contributed by atoms with E-state index < -0.39 is 27.2 Å². The number of rotatable bonds is 6. The summed E-state index contributed by atoms with van der Waals surface area (Å²) in [7, 11) is -3.55. The first-order valence-corrected chi connectivity index (χ1v) is 7.67. The average Bonchev–Trinajstić information content (AvgIpc) is 2.74. The second-order valence-corrected chi connectivity index (χ2v) is 6.99. The zero-order valence-electron chi connectivity index (χ0n) is 10.9. The summed E-state index contributed by atoms with van der Waals surface area (Å²) in [6.07, 6.45) is 1.54. The van der Waals surface area contributed by atoms with Gasteiger partial charge in [-0.2, -0.15) is 4.31 Å². The summed E-state index contributed by atoms with van der Waals surface area (Å²) in [5.41, 5.74) is 0.755. The highest BCUT2D eigenvalue weighted by Crippen LogP contribution is 2.33. The van der Waals surface area contributed by atoms with Crippen molar-refractivity contribution >= 4 is 16.0 Å². The SMILES string of the molecule is C=C(C)CN(CC)S(=O)(=O)C1CCCC1C(=O)O. The fourth-order valence-corrected chi connectivity index (χ4v) is 4.71. The third kappa shape index (κ3) is 3.11. The van der Waals surface area contributed by atoms with Crippen LogP contribution in [0.5, 0.6) is 0 Å². The van der Waals surface area contributed by atoms with Gasteiger partial charge in [0.25, 0.3) is 0 Å². The molecular formula is C12H21NO4S. The average molecular weight is 275 g/mol. The highest BCUT2D eigenvalue weighted by atomic mass is 32.2. The Morgan fingerprint density at radius 2 is 2.06 bits per heavy atom. The number of nitrogens with zero attached hydrogens (tertiary/aromatic N) is 1. The topological polar surface area (TPSA) is 74.7 Å². The monoisotopic (exact) mass is 275 g/mol. The predicted molar refractivity (Wildman–Crippen MR) is 69.7 cm³/mol. The van der Waals surface area contributed by atoms with Crippen LogP contribution in [0.4, 0.5) is 0 Å². The van der Waals surface area contributed by atoms with Gasteiger partial charge in [-0.3, -0.25) is 4.79 Å². The van der Waals surface area contributed by atoms with Crippen molar-refractivity contribution in [3.8, 4) is 0 Å². The van der Waals surface area contributed by atoms with Crippen molar-refractivity contribution in [2.75, 3.05) is 13.1 Å². The number of likely N-dealkylation sites (N-methyl/N-ethyl adjacent to an activating group) is 1. The Kier molecular flexibility index (Phi) is 4.92. The van der Waals surface area contributed by atoms with Crippen LogP contribution >= 0.6 is 0 Å². The number of hydrogen-bond acceptors (Lipinski definition) is 3. The molecule has 1 rings (SSSR count). The van der Waals surface area contributed by atoms with Crippen molar-refractivity contribution in [1.29, 1.82) is 0 Å². The summed E-state index contributed by atoms with van der Waals surface area (Å²) < 4.78 is 26.2. The molecule has 0 heterocycles. The Morgan fingerprint density at radius 3 is 2.50 bits per heavy atom. The van der Waals surface area contributed by atoms with Crippen LogP contribution in [0.15, 0.2) is 12.2 Å². The van der Waals surface area contributed by atoms with E-state index in [0.717, 1.165) is 5.57 Å². The Labute approximate surface area is 109 Å². The number of carbonyl (C=O) groups is 1. The number of aliphatic carboxylic acids is 1. The summed E-state index contributed by atoms with van der Waals surface area (Å²) >= 11 is 0. The molecule has 1 N–H and O–H groups in total. The van der Waals surface area contributed by atoms with Gasteiger partial charge >= 0.3 is 5.97 Å². The van der Waals surface area contributed by atoms with Gasteiger partial charge < -0.3 is 5.11 Å². The zero-order chi connectivity index (χ0) is 13.9. The highest BCUT2D eigenvalue weighted by molar-refractivity contribution is 7.89. The first-order valence-electron chi connectivity index (χ1n) is 6.16. The molecule has 0 amide bonds. The first kappa shape index (κ1) is 15.2. The Balaban J connectivity index is 2.97. The molecule has 2 unspecified atom stereocenters. The normalized spacial score (nSPS) is 24.4. The maximum atomic E-state index is 12.4. The van der Waals surface area contributed by atoms with Gasteiger partial charge in [0.05, 0.1) is 11.2 Å². The lowest BCUT2D eigenvalue weighted by Crippen LogP contribution is -2.42. The van der Waals surface area contributed by atoms with Gasteiger partial charge in [0.15, 0.2) is 0 Å². The molecule has 0 aromatic heterocycles. The van der Waals surface area contributed by atoms with Gasteiger partial charge in [-0.1, -0.05) is 25.5 Å². The lowest BCUT2D eigenvalue weighted by atomic mass is 10.1. The molecule has 1 fully saturated rings. The molecule has 104 valence electrons. The number of carboxylic acids is 1. The third-order valence-electron chi connectivity index (χ3n) is 3.31. The molecule has 1 aliphatic carbocycles. The van der Waals surface area contributed by atoms with Crippen molar-refractivity contribution in [1.82, 2.24) is 4.31 Å². The maximum Gasteiger partial charge on any atom is 0.307 e. The number of carboxylic acid groups (broad SMARTS) is 1. The van der Waals surface area contributed by atoms with E-state index in [2.05, 4.69) is 6.58 Å². The second-order valence-electron chi connectivity index (χ2n) is 4.84. The van der Waals surface area contributed by atoms with E-state index in [1.807, 2.05) is 0 Å². The van der Waals surface area contributed by atoms with E-state index in [9.17, 15) is 13.2 Å². The maximum absolute atomic E-state index is 12.4. The lowest BCUT2D eigenvalue weighted by Gasteiger charge is -2.26. The van der Waals surface area contributed by atoms with E-state index >= 15 is 0 Å². The van der Waals surface area contributed by atoms with E-state index in [4.69, 9.17) is 5.11 Å². The molecular weight excluding hydrogens is 254 g/mol. The van der Waals surface area contributed by atoms with E-state index in [0.29, 0.717) is 25.8 Å². The van der Waals surface area contributed by atoms with Gasteiger partial charge in [-0.25, -0.2) is 8.42 Å². The molecule has 2 atom stereocenters. The molecule has 0 bridgehead atoms. The van der Waals surface area contributed by atoms with Crippen LogP contribution < -0.4 is 0 Å².